The van der Waals surface area contributed by atoms with Gasteiger partial charge in [0.1, 0.15) is 11.6 Å². The Morgan fingerprint density at radius 1 is 1.19 bits per heavy atom. The van der Waals surface area contributed by atoms with E-state index in [2.05, 4.69) is 10.6 Å². The second-order valence-corrected chi connectivity index (χ2v) is 8.98. The fourth-order valence-corrected chi connectivity index (χ4v) is 5.72. The van der Waals surface area contributed by atoms with E-state index < -0.39 is 29.1 Å². The Morgan fingerprint density at radius 3 is 2.61 bits per heavy atom. The van der Waals surface area contributed by atoms with Gasteiger partial charge in [-0.3, -0.25) is 14.4 Å². The Bertz CT molecular complexity index is 862. The Hall–Kier alpha value is -2.45. The minimum atomic E-state index is -1.05. The predicted octanol–water partition coefficient (Wildman–Crippen LogP) is 0.586. The maximum absolute atomic E-state index is 13.5. The molecule has 3 fully saturated rings. The number of rotatable bonds is 8. The van der Waals surface area contributed by atoms with Crippen LogP contribution in [0.1, 0.15) is 38.7 Å². The SMILES string of the molecule is CCCNC(=O)[C@@H]1[C@H]2C(=O)N(CCO)C(C(=O)NCc3ccccc3)C23CC[C@@]1(C)O3. The molecule has 168 valence electrons. The maximum atomic E-state index is 13.5. The van der Waals surface area contributed by atoms with E-state index in [0.29, 0.717) is 25.9 Å². The summed E-state index contributed by atoms with van der Waals surface area (Å²) in [5, 5.41) is 15.4. The summed E-state index contributed by atoms with van der Waals surface area (Å²) in [4.78, 5) is 41.3. The van der Waals surface area contributed by atoms with Gasteiger partial charge in [-0.1, -0.05) is 37.3 Å². The Kier molecular flexibility index (Phi) is 5.79. The van der Waals surface area contributed by atoms with Crippen molar-refractivity contribution in [3.8, 4) is 0 Å². The van der Waals surface area contributed by atoms with E-state index >= 15 is 0 Å². The van der Waals surface area contributed by atoms with Crippen LogP contribution in [0.5, 0.6) is 0 Å². The molecule has 4 rings (SSSR count). The lowest BCUT2D eigenvalue weighted by Crippen LogP contribution is -2.55. The zero-order valence-corrected chi connectivity index (χ0v) is 18.1. The molecule has 2 unspecified atom stereocenters. The topological polar surface area (TPSA) is 108 Å². The van der Waals surface area contributed by atoms with Crippen LogP contribution in [-0.2, 0) is 25.7 Å². The van der Waals surface area contributed by atoms with Crippen LogP contribution in [-0.4, -0.2) is 64.7 Å². The number of nitrogens with zero attached hydrogens (tertiary/aromatic N) is 1. The largest absolute Gasteiger partial charge is 0.395 e. The van der Waals surface area contributed by atoms with Crippen LogP contribution in [0.3, 0.4) is 0 Å². The van der Waals surface area contributed by atoms with Gasteiger partial charge in [-0.05, 0) is 31.7 Å². The van der Waals surface area contributed by atoms with Gasteiger partial charge in [0.25, 0.3) is 0 Å². The van der Waals surface area contributed by atoms with Crippen LogP contribution in [0.25, 0.3) is 0 Å². The molecule has 3 saturated heterocycles. The predicted molar refractivity (Wildman–Crippen MR) is 113 cm³/mol. The second-order valence-electron chi connectivity index (χ2n) is 8.98. The third-order valence-electron chi connectivity index (χ3n) is 7.01. The van der Waals surface area contributed by atoms with Crippen molar-refractivity contribution in [2.24, 2.45) is 11.8 Å². The van der Waals surface area contributed by atoms with E-state index in [1.54, 1.807) is 0 Å². The number of likely N-dealkylation sites (tertiary alicyclic amines) is 1. The van der Waals surface area contributed by atoms with E-state index in [1.807, 2.05) is 44.2 Å². The van der Waals surface area contributed by atoms with Crippen LogP contribution < -0.4 is 10.6 Å². The Morgan fingerprint density at radius 2 is 1.94 bits per heavy atom. The molecule has 3 heterocycles. The summed E-state index contributed by atoms with van der Waals surface area (Å²) in [6.45, 7) is 4.47. The van der Waals surface area contributed by atoms with Gasteiger partial charge in [0.15, 0.2) is 0 Å². The number of benzene rings is 1. The molecule has 1 aromatic rings. The molecular weight excluding hydrogens is 398 g/mol. The van der Waals surface area contributed by atoms with Crippen LogP contribution in [0.2, 0.25) is 0 Å². The van der Waals surface area contributed by atoms with Crippen LogP contribution in [0, 0.1) is 11.8 Å². The molecule has 8 nitrogen and oxygen atoms in total. The first-order valence-corrected chi connectivity index (χ1v) is 11.1. The quantitative estimate of drug-likeness (QED) is 0.561. The molecule has 1 aromatic carbocycles. The molecule has 8 heteroatoms. The standard InChI is InChI=1S/C23H31N3O5/c1-3-11-24-19(28)16-17-21(30)26(12-13-27)18(23(17)10-9-22(16,2)31-23)20(29)25-14-15-7-5-4-6-8-15/h4-8,16-18,27H,3,9-14H2,1-2H3,(H,24,28)(H,25,29)/t16-,17-,18?,22+,23?/m0/s1. The fraction of sp³-hybridized carbons (Fsp3) is 0.609. The average molecular weight is 430 g/mol. The van der Waals surface area contributed by atoms with Gasteiger partial charge < -0.3 is 25.4 Å². The van der Waals surface area contributed by atoms with Crippen molar-refractivity contribution in [3.63, 3.8) is 0 Å². The highest BCUT2D eigenvalue weighted by molar-refractivity contribution is 5.99. The molecule has 3 N–H and O–H groups in total. The van der Waals surface area contributed by atoms with Crippen LogP contribution in [0.4, 0.5) is 0 Å². The molecule has 3 amide bonds. The third-order valence-corrected chi connectivity index (χ3v) is 7.01. The molecule has 3 aliphatic heterocycles. The smallest absolute Gasteiger partial charge is 0.246 e. The lowest BCUT2D eigenvalue weighted by atomic mass is 9.66. The van der Waals surface area contributed by atoms with Gasteiger partial charge in [-0.25, -0.2) is 0 Å². The summed E-state index contributed by atoms with van der Waals surface area (Å²) in [6, 6.07) is 8.67. The summed E-state index contributed by atoms with van der Waals surface area (Å²) in [5.41, 5.74) is -0.874. The van der Waals surface area contributed by atoms with Crippen molar-refractivity contribution >= 4 is 17.7 Å². The number of nitrogens with one attached hydrogen (secondary N) is 2. The van der Waals surface area contributed by atoms with Crippen molar-refractivity contribution in [2.45, 2.75) is 56.9 Å². The fourth-order valence-electron chi connectivity index (χ4n) is 5.72. The van der Waals surface area contributed by atoms with E-state index in [-0.39, 0.29) is 30.9 Å². The Balaban J connectivity index is 1.63. The first-order valence-electron chi connectivity index (χ1n) is 11.1. The van der Waals surface area contributed by atoms with E-state index in [9.17, 15) is 19.5 Å². The first-order chi connectivity index (χ1) is 14.9. The van der Waals surface area contributed by atoms with Crippen molar-refractivity contribution in [2.75, 3.05) is 19.7 Å². The molecule has 5 atom stereocenters. The highest BCUT2D eigenvalue weighted by Gasteiger charge is 2.77. The number of fused-ring (bicyclic) bond motifs is 1. The Labute approximate surface area is 182 Å². The van der Waals surface area contributed by atoms with Gasteiger partial charge in [0, 0.05) is 19.6 Å². The first kappa shape index (κ1) is 21.8. The number of hydrogen-bond donors (Lipinski definition) is 3. The van der Waals surface area contributed by atoms with Gasteiger partial charge >= 0.3 is 0 Å². The van der Waals surface area contributed by atoms with Crippen molar-refractivity contribution in [3.05, 3.63) is 35.9 Å². The molecular formula is C23H31N3O5. The summed E-state index contributed by atoms with van der Waals surface area (Å²) in [5.74, 6) is -2.16. The summed E-state index contributed by atoms with van der Waals surface area (Å²) in [6.07, 6.45) is 1.93. The lowest BCUT2D eigenvalue weighted by molar-refractivity contribution is -0.146. The summed E-state index contributed by atoms with van der Waals surface area (Å²) < 4.78 is 6.45. The molecule has 3 aliphatic rings. The lowest BCUT2D eigenvalue weighted by Gasteiger charge is -2.33. The van der Waals surface area contributed by atoms with Crippen LogP contribution in [0.15, 0.2) is 30.3 Å². The van der Waals surface area contributed by atoms with Gasteiger partial charge in [-0.2, -0.15) is 0 Å². The molecule has 1 spiro atoms. The minimum absolute atomic E-state index is 0.0316. The number of carbonyl (C=O) groups excluding carboxylic acids is 3. The number of hydrogen-bond acceptors (Lipinski definition) is 5. The van der Waals surface area contributed by atoms with Crippen LogP contribution >= 0.6 is 0 Å². The number of aliphatic hydroxyl groups is 1. The minimum Gasteiger partial charge on any atom is -0.395 e. The number of carbonyl (C=O) groups is 3. The zero-order valence-electron chi connectivity index (χ0n) is 18.1. The van der Waals surface area contributed by atoms with E-state index in [1.165, 1.54) is 4.90 Å². The summed E-state index contributed by atoms with van der Waals surface area (Å²) >= 11 is 0. The molecule has 0 radical (unpaired) electrons. The molecule has 0 aliphatic carbocycles. The normalized spacial score (nSPS) is 33.5. The third kappa shape index (κ3) is 3.42. The maximum Gasteiger partial charge on any atom is 0.246 e. The second kappa shape index (κ2) is 8.24. The summed E-state index contributed by atoms with van der Waals surface area (Å²) in [7, 11) is 0. The molecule has 2 bridgehead atoms. The van der Waals surface area contributed by atoms with Gasteiger partial charge in [0.05, 0.1) is 24.0 Å². The average Bonchev–Trinajstić information content (AvgIpc) is 3.32. The van der Waals surface area contributed by atoms with Crippen molar-refractivity contribution in [1.82, 2.24) is 15.5 Å². The van der Waals surface area contributed by atoms with E-state index in [0.717, 1.165) is 12.0 Å². The highest BCUT2D eigenvalue weighted by atomic mass is 16.5. The molecule has 0 aromatic heterocycles. The van der Waals surface area contributed by atoms with E-state index in [4.69, 9.17) is 4.74 Å². The monoisotopic (exact) mass is 429 g/mol. The van der Waals surface area contributed by atoms with Crippen molar-refractivity contribution < 1.29 is 24.2 Å². The molecule has 31 heavy (non-hydrogen) atoms. The number of amides is 3. The zero-order chi connectivity index (χ0) is 22.2. The number of ether oxygens (including phenoxy) is 1. The van der Waals surface area contributed by atoms with Crippen molar-refractivity contribution in [1.29, 1.82) is 0 Å². The number of β-amino-alcohol motifs (C(OH)–C–C–N with tert-alkyl or cyclic N) is 1. The molecule has 0 saturated carbocycles. The van der Waals surface area contributed by atoms with Gasteiger partial charge in [0.2, 0.25) is 17.7 Å². The van der Waals surface area contributed by atoms with Gasteiger partial charge in [-0.15, -0.1) is 0 Å². The highest BCUT2D eigenvalue weighted by Crippen LogP contribution is 2.63. The number of aliphatic hydroxyl groups excluding tert-OH is 1.